The molecule has 0 unspecified atom stereocenters. The van der Waals surface area contributed by atoms with Gasteiger partial charge in [-0.2, -0.15) is 5.10 Å². The van der Waals surface area contributed by atoms with Crippen LogP contribution < -0.4 is 0 Å². The summed E-state index contributed by atoms with van der Waals surface area (Å²) in [6, 6.07) is 0. The molecule has 2 heterocycles. The van der Waals surface area contributed by atoms with E-state index in [0.717, 1.165) is 38.2 Å². The standard InChI is InChI=1S/C13H21N3O3/c1-3-19-10-4-6-16(7-5-10)9-12-11(13(17)18)8-14-15(12)2/h8,10H,3-7,9H2,1-2H3,(H,17,18). The van der Waals surface area contributed by atoms with Crippen molar-refractivity contribution in [2.75, 3.05) is 19.7 Å². The van der Waals surface area contributed by atoms with Crippen molar-refractivity contribution >= 4 is 5.97 Å². The van der Waals surface area contributed by atoms with Gasteiger partial charge in [-0.1, -0.05) is 0 Å². The molecule has 0 aliphatic carbocycles. The summed E-state index contributed by atoms with van der Waals surface area (Å²) in [5.41, 5.74) is 1.07. The van der Waals surface area contributed by atoms with E-state index in [-0.39, 0.29) is 0 Å². The van der Waals surface area contributed by atoms with Crippen LogP contribution in [0.25, 0.3) is 0 Å². The molecular formula is C13H21N3O3. The maximum Gasteiger partial charge on any atom is 0.339 e. The van der Waals surface area contributed by atoms with Gasteiger partial charge in [0.05, 0.1) is 18.0 Å². The van der Waals surface area contributed by atoms with Gasteiger partial charge in [-0.15, -0.1) is 0 Å². The molecule has 1 fully saturated rings. The van der Waals surface area contributed by atoms with Crippen molar-refractivity contribution < 1.29 is 14.6 Å². The largest absolute Gasteiger partial charge is 0.478 e. The molecule has 1 aromatic rings. The molecule has 0 radical (unpaired) electrons. The fourth-order valence-electron chi connectivity index (χ4n) is 2.51. The van der Waals surface area contributed by atoms with Crippen LogP contribution in [-0.4, -0.2) is 51.6 Å². The maximum atomic E-state index is 11.1. The number of likely N-dealkylation sites (tertiary alicyclic amines) is 1. The van der Waals surface area contributed by atoms with Gasteiger partial charge in [0.15, 0.2) is 0 Å². The van der Waals surface area contributed by atoms with Gasteiger partial charge in [-0.3, -0.25) is 9.58 Å². The molecule has 6 nitrogen and oxygen atoms in total. The normalized spacial score (nSPS) is 17.8. The van der Waals surface area contributed by atoms with Gasteiger partial charge < -0.3 is 9.84 Å². The van der Waals surface area contributed by atoms with E-state index in [2.05, 4.69) is 10.00 Å². The van der Waals surface area contributed by atoms with Crippen molar-refractivity contribution in [1.82, 2.24) is 14.7 Å². The number of carbonyl (C=O) groups is 1. The Bertz CT molecular complexity index is 436. The predicted molar refractivity (Wildman–Crippen MR) is 70.1 cm³/mol. The lowest BCUT2D eigenvalue weighted by molar-refractivity contribution is 0.0119. The van der Waals surface area contributed by atoms with Crippen LogP contribution in [0.15, 0.2) is 6.20 Å². The van der Waals surface area contributed by atoms with E-state index in [0.29, 0.717) is 18.2 Å². The lowest BCUT2D eigenvalue weighted by Crippen LogP contribution is -2.37. The minimum absolute atomic E-state index is 0.300. The zero-order valence-electron chi connectivity index (χ0n) is 11.5. The molecule has 19 heavy (non-hydrogen) atoms. The smallest absolute Gasteiger partial charge is 0.339 e. The summed E-state index contributed by atoms with van der Waals surface area (Å²) in [5.74, 6) is -0.910. The number of aromatic carboxylic acids is 1. The second-order valence-electron chi connectivity index (χ2n) is 4.86. The van der Waals surface area contributed by atoms with Crippen molar-refractivity contribution in [2.45, 2.75) is 32.4 Å². The molecule has 106 valence electrons. The second-order valence-corrected chi connectivity index (χ2v) is 4.86. The first-order valence-corrected chi connectivity index (χ1v) is 6.70. The first-order chi connectivity index (χ1) is 9.11. The van der Waals surface area contributed by atoms with Crippen LogP contribution in [0.1, 0.15) is 35.8 Å². The Morgan fingerprint density at radius 3 is 2.79 bits per heavy atom. The predicted octanol–water partition coefficient (Wildman–Crippen LogP) is 1.12. The molecule has 0 amide bonds. The highest BCUT2D eigenvalue weighted by atomic mass is 16.5. The Morgan fingerprint density at radius 1 is 1.53 bits per heavy atom. The van der Waals surface area contributed by atoms with Crippen molar-refractivity contribution in [3.8, 4) is 0 Å². The number of hydrogen-bond donors (Lipinski definition) is 1. The van der Waals surface area contributed by atoms with Gasteiger partial charge in [0.25, 0.3) is 0 Å². The summed E-state index contributed by atoms with van der Waals surface area (Å²) in [5, 5.41) is 13.2. The highest BCUT2D eigenvalue weighted by Gasteiger charge is 2.22. The maximum absolute atomic E-state index is 11.1. The number of piperidine rings is 1. The minimum Gasteiger partial charge on any atom is -0.478 e. The highest BCUT2D eigenvalue weighted by Crippen LogP contribution is 2.17. The average molecular weight is 267 g/mol. The molecule has 6 heteroatoms. The third-order valence-electron chi connectivity index (χ3n) is 3.60. The molecule has 1 saturated heterocycles. The van der Waals surface area contributed by atoms with Gasteiger partial charge in [0.1, 0.15) is 5.56 Å². The summed E-state index contributed by atoms with van der Waals surface area (Å²) in [7, 11) is 1.79. The third-order valence-corrected chi connectivity index (χ3v) is 3.60. The Morgan fingerprint density at radius 2 is 2.21 bits per heavy atom. The fourth-order valence-corrected chi connectivity index (χ4v) is 2.51. The van der Waals surface area contributed by atoms with Crippen molar-refractivity contribution in [1.29, 1.82) is 0 Å². The van der Waals surface area contributed by atoms with Crippen LogP contribution in [0.3, 0.4) is 0 Å². The molecule has 1 N–H and O–H groups in total. The topological polar surface area (TPSA) is 67.6 Å². The number of carboxylic acid groups (broad SMARTS) is 1. The third kappa shape index (κ3) is 3.33. The number of aromatic nitrogens is 2. The number of hydrogen-bond acceptors (Lipinski definition) is 4. The SMILES string of the molecule is CCOC1CCN(Cc2c(C(=O)O)cnn2C)CC1. The first-order valence-electron chi connectivity index (χ1n) is 6.70. The Labute approximate surface area is 113 Å². The molecule has 0 saturated carbocycles. The summed E-state index contributed by atoms with van der Waals surface area (Å²) in [6.07, 6.45) is 3.79. The number of rotatable bonds is 5. The quantitative estimate of drug-likeness (QED) is 0.866. The van der Waals surface area contributed by atoms with E-state index in [4.69, 9.17) is 9.84 Å². The Hall–Kier alpha value is -1.40. The molecule has 0 bridgehead atoms. The molecule has 0 aromatic carbocycles. The zero-order chi connectivity index (χ0) is 13.8. The van der Waals surface area contributed by atoms with Crippen LogP contribution in [0.2, 0.25) is 0 Å². The van der Waals surface area contributed by atoms with Gasteiger partial charge >= 0.3 is 5.97 Å². The highest BCUT2D eigenvalue weighted by molar-refractivity contribution is 5.88. The summed E-state index contributed by atoms with van der Waals surface area (Å²) < 4.78 is 7.26. The average Bonchev–Trinajstić information content (AvgIpc) is 2.74. The zero-order valence-corrected chi connectivity index (χ0v) is 11.5. The van der Waals surface area contributed by atoms with E-state index in [1.165, 1.54) is 6.20 Å². The van der Waals surface area contributed by atoms with Gasteiger partial charge in [-0.25, -0.2) is 4.79 Å². The van der Waals surface area contributed by atoms with E-state index in [9.17, 15) is 4.79 Å². The van der Waals surface area contributed by atoms with E-state index in [1.54, 1.807) is 11.7 Å². The first kappa shape index (κ1) is 14.0. The van der Waals surface area contributed by atoms with Gasteiger partial charge in [-0.05, 0) is 19.8 Å². The molecule has 1 aliphatic rings. The van der Waals surface area contributed by atoms with E-state index in [1.807, 2.05) is 6.92 Å². The van der Waals surface area contributed by atoms with Crippen molar-refractivity contribution in [2.24, 2.45) is 7.05 Å². The van der Waals surface area contributed by atoms with Gasteiger partial charge in [0.2, 0.25) is 0 Å². The Kier molecular flexibility index (Phi) is 4.55. The van der Waals surface area contributed by atoms with E-state index >= 15 is 0 Å². The summed E-state index contributed by atoms with van der Waals surface area (Å²) in [4.78, 5) is 13.4. The molecule has 2 rings (SSSR count). The van der Waals surface area contributed by atoms with E-state index < -0.39 is 5.97 Å². The van der Waals surface area contributed by atoms with Crippen LogP contribution in [0.5, 0.6) is 0 Å². The Balaban J connectivity index is 1.96. The molecule has 1 aliphatic heterocycles. The molecule has 0 atom stereocenters. The van der Waals surface area contributed by atoms with Crippen LogP contribution in [-0.2, 0) is 18.3 Å². The second kappa shape index (κ2) is 6.16. The lowest BCUT2D eigenvalue weighted by Gasteiger charge is -2.31. The lowest BCUT2D eigenvalue weighted by atomic mass is 10.1. The monoisotopic (exact) mass is 267 g/mol. The van der Waals surface area contributed by atoms with Gasteiger partial charge in [0, 0.05) is 33.3 Å². The molecule has 0 spiro atoms. The molecule has 1 aromatic heterocycles. The van der Waals surface area contributed by atoms with Crippen LogP contribution >= 0.6 is 0 Å². The number of ether oxygens (including phenoxy) is 1. The minimum atomic E-state index is -0.910. The number of nitrogens with zero attached hydrogens (tertiary/aromatic N) is 3. The fraction of sp³-hybridized carbons (Fsp3) is 0.692. The van der Waals surface area contributed by atoms with Crippen LogP contribution in [0, 0.1) is 0 Å². The number of aryl methyl sites for hydroxylation is 1. The number of carboxylic acids is 1. The van der Waals surface area contributed by atoms with Crippen molar-refractivity contribution in [3.63, 3.8) is 0 Å². The molecular weight excluding hydrogens is 246 g/mol. The summed E-state index contributed by atoms with van der Waals surface area (Å²) >= 11 is 0. The van der Waals surface area contributed by atoms with Crippen LogP contribution in [0.4, 0.5) is 0 Å². The summed E-state index contributed by atoms with van der Waals surface area (Å²) in [6.45, 7) is 5.29. The van der Waals surface area contributed by atoms with Crippen molar-refractivity contribution in [3.05, 3.63) is 17.5 Å².